The minimum Gasteiger partial charge on any atom is -0.494 e. The molecule has 0 aliphatic carbocycles. The molecule has 1 heterocycles. The molecule has 0 aliphatic rings. The first-order valence-corrected chi connectivity index (χ1v) is 7.76. The highest BCUT2D eigenvalue weighted by molar-refractivity contribution is 7.99. The van der Waals surface area contributed by atoms with Gasteiger partial charge in [0.05, 0.1) is 19.3 Å². The second-order valence-corrected chi connectivity index (χ2v) is 5.98. The first-order chi connectivity index (χ1) is 10.0. The fourth-order valence-electron chi connectivity index (χ4n) is 1.93. The minimum atomic E-state index is -0.702. The molecule has 0 saturated carbocycles. The van der Waals surface area contributed by atoms with Crippen molar-refractivity contribution in [2.24, 2.45) is 0 Å². The van der Waals surface area contributed by atoms with Gasteiger partial charge in [-0.3, -0.25) is 0 Å². The number of hydrogen-bond acceptors (Lipinski definition) is 4. The summed E-state index contributed by atoms with van der Waals surface area (Å²) >= 11 is 1.73. The Kier molecular flexibility index (Phi) is 5.17. The number of rotatable bonds is 6. The third-order valence-corrected chi connectivity index (χ3v) is 4.15. The molecule has 1 atom stereocenters. The van der Waals surface area contributed by atoms with Gasteiger partial charge in [0.25, 0.3) is 0 Å². The maximum atomic E-state index is 14.1. The SMILES string of the molecule is COc1ccc(F)c(Cn2cc(C[C@@H](C)SC)nn2)c1F. The summed E-state index contributed by atoms with van der Waals surface area (Å²) in [4.78, 5) is 0. The molecule has 114 valence electrons. The van der Waals surface area contributed by atoms with Crippen molar-refractivity contribution in [1.29, 1.82) is 0 Å². The summed E-state index contributed by atoms with van der Waals surface area (Å²) in [6.07, 6.45) is 4.51. The van der Waals surface area contributed by atoms with Crippen LogP contribution in [0.1, 0.15) is 18.2 Å². The standard InChI is InChI=1S/C14H17F2N3OS/c1-9(21-3)6-10-7-19(18-17-10)8-11-12(15)4-5-13(20-2)14(11)16/h4-5,7,9H,6,8H2,1-3H3/t9-/m1/s1. The molecule has 0 amide bonds. The lowest BCUT2D eigenvalue weighted by molar-refractivity contribution is 0.379. The van der Waals surface area contributed by atoms with Crippen LogP contribution < -0.4 is 4.74 Å². The van der Waals surface area contributed by atoms with Gasteiger partial charge in [-0.2, -0.15) is 11.8 Å². The second-order valence-electron chi connectivity index (χ2n) is 4.70. The third kappa shape index (κ3) is 3.72. The molecule has 0 saturated heterocycles. The third-order valence-electron chi connectivity index (χ3n) is 3.18. The van der Waals surface area contributed by atoms with Crippen LogP contribution in [0.5, 0.6) is 5.75 Å². The van der Waals surface area contributed by atoms with Crippen molar-refractivity contribution >= 4 is 11.8 Å². The zero-order chi connectivity index (χ0) is 15.4. The molecule has 0 fully saturated rings. The number of thioether (sulfide) groups is 1. The Bertz CT molecular complexity index is 618. The smallest absolute Gasteiger partial charge is 0.173 e. The predicted molar refractivity (Wildman–Crippen MR) is 78.7 cm³/mol. The molecule has 21 heavy (non-hydrogen) atoms. The van der Waals surface area contributed by atoms with Crippen LogP contribution in [0.2, 0.25) is 0 Å². The minimum absolute atomic E-state index is 0.0164. The van der Waals surface area contributed by atoms with Crippen molar-refractivity contribution in [3.63, 3.8) is 0 Å². The van der Waals surface area contributed by atoms with E-state index in [1.807, 2.05) is 6.26 Å². The quantitative estimate of drug-likeness (QED) is 0.822. The molecule has 2 rings (SSSR count). The molecule has 0 spiro atoms. The lowest BCUT2D eigenvalue weighted by Gasteiger charge is -2.08. The monoisotopic (exact) mass is 313 g/mol. The van der Waals surface area contributed by atoms with Crippen LogP contribution in [0.4, 0.5) is 8.78 Å². The molecule has 7 heteroatoms. The molecule has 0 aliphatic heterocycles. The Labute approximate surface area is 126 Å². The van der Waals surface area contributed by atoms with E-state index in [9.17, 15) is 8.78 Å². The van der Waals surface area contributed by atoms with Crippen molar-refractivity contribution in [3.05, 3.63) is 41.2 Å². The summed E-state index contributed by atoms with van der Waals surface area (Å²) in [5, 5.41) is 8.36. The molecule has 0 N–H and O–H groups in total. The average Bonchev–Trinajstić information content (AvgIpc) is 2.90. The predicted octanol–water partition coefficient (Wildman–Crippen LogP) is 2.91. The van der Waals surface area contributed by atoms with Gasteiger partial charge in [0.15, 0.2) is 11.6 Å². The number of hydrogen-bond donors (Lipinski definition) is 0. The Morgan fingerprint density at radius 1 is 1.38 bits per heavy atom. The van der Waals surface area contributed by atoms with E-state index in [1.165, 1.54) is 23.9 Å². The van der Waals surface area contributed by atoms with Gasteiger partial charge in [-0.25, -0.2) is 13.5 Å². The molecular weight excluding hydrogens is 296 g/mol. The van der Waals surface area contributed by atoms with E-state index in [-0.39, 0.29) is 17.9 Å². The van der Waals surface area contributed by atoms with Crippen molar-refractivity contribution < 1.29 is 13.5 Å². The van der Waals surface area contributed by atoms with Gasteiger partial charge in [0, 0.05) is 23.4 Å². The van der Waals surface area contributed by atoms with Crippen LogP contribution in [0.3, 0.4) is 0 Å². The zero-order valence-corrected chi connectivity index (χ0v) is 13.0. The van der Waals surface area contributed by atoms with E-state index in [0.29, 0.717) is 5.25 Å². The van der Waals surface area contributed by atoms with E-state index >= 15 is 0 Å². The van der Waals surface area contributed by atoms with E-state index < -0.39 is 11.6 Å². The second kappa shape index (κ2) is 6.89. The highest BCUT2D eigenvalue weighted by Crippen LogP contribution is 2.23. The number of ether oxygens (including phenoxy) is 1. The molecule has 2 aromatic rings. The van der Waals surface area contributed by atoms with Crippen molar-refractivity contribution in [2.45, 2.75) is 25.1 Å². The summed E-state index contributed by atoms with van der Waals surface area (Å²) in [5.74, 6) is -1.31. The molecule has 1 aromatic heterocycles. The highest BCUT2D eigenvalue weighted by Gasteiger charge is 2.16. The summed E-state index contributed by atoms with van der Waals surface area (Å²) in [7, 11) is 1.34. The fraction of sp³-hybridized carbons (Fsp3) is 0.429. The number of aromatic nitrogens is 3. The first-order valence-electron chi connectivity index (χ1n) is 6.47. The number of benzene rings is 1. The van der Waals surface area contributed by atoms with Crippen molar-refractivity contribution in [1.82, 2.24) is 15.0 Å². The van der Waals surface area contributed by atoms with Crippen LogP contribution in [0.15, 0.2) is 18.3 Å². The Hall–Kier alpha value is -1.63. The Morgan fingerprint density at radius 2 is 2.14 bits per heavy atom. The zero-order valence-electron chi connectivity index (χ0n) is 12.1. The molecule has 1 aromatic carbocycles. The van der Waals surface area contributed by atoms with Crippen LogP contribution in [0.25, 0.3) is 0 Å². The van der Waals surface area contributed by atoms with Gasteiger partial charge in [-0.1, -0.05) is 12.1 Å². The summed E-state index contributed by atoms with van der Waals surface area (Å²) in [5.41, 5.74) is 0.726. The molecule has 4 nitrogen and oxygen atoms in total. The van der Waals surface area contributed by atoms with Gasteiger partial charge < -0.3 is 4.74 Å². The lowest BCUT2D eigenvalue weighted by atomic mass is 10.2. The van der Waals surface area contributed by atoms with E-state index in [4.69, 9.17) is 4.74 Å². The number of nitrogens with zero attached hydrogens (tertiary/aromatic N) is 3. The number of halogens is 2. The van der Waals surface area contributed by atoms with Crippen LogP contribution in [-0.4, -0.2) is 33.6 Å². The number of methoxy groups -OCH3 is 1. The van der Waals surface area contributed by atoms with Crippen molar-refractivity contribution in [3.8, 4) is 5.75 Å². The fourth-order valence-corrected chi connectivity index (χ4v) is 2.27. The van der Waals surface area contributed by atoms with Gasteiger partial charge in [0.1, 0.15) is 5.82 Å². The summed E-state index contributed by atoms with van der Waals surface area (Å²) in [6, 6.07) is 2.45. The van der Waals surface area contributed by atoms with Gasteiger partial charge in [-0.05, 0) is 18.4 Å². The van der Waals surface area contributed by atoms with Gasteiger partial charge in [0.2, 0.25) is 0 Å². The first kappa shape index (κ1) is 15.8. The van der Waals surface area contributed by atoms with Gasteiger partial charge >= 0.3 is 0 Å². The van der Waals surface area contributed by atoms with Crippen LogP contribution in [0, 0.1) is 11.6 Å². The van der Waals surface area contributed by atoms with E-state index in [1.54, 1.807) is 18.0 Å². The maximum Gasteiger partial charge on any atom is 0.173 e. The molecule has 0 unspecified atom stereocenters. The highest BCUT2D eigenvalue weighted by atomic mass is 32.2. The summed E-state index contributed by atoms with van der Waals surface area (Å²) in [6.45, 7) is 2.07. The summed E-state index contributed by atoms with van der Waals surface area (Å²) < 4.78 is 34.1. The van der Waals surface area contributed by atoms with E-state index in [0.717, 1.165) is 12.1 Å². The van der Waals surface area contributed by atoms with E-state index in [2.05, 4.69) is 17.2 Å². The normalized spacial score (nSPS) is 12.4. The maximum absolute atomic E-state index is 14.1. The molecule has 0 radical (unpaired) electrons. The Morgan fingerprint density at radius 3 is 2.81 bits per heavy atom. The molecular formula is C14H17F2N3OS. The van der Waals surface area contributed by atoms with Crippen molar-refractivity contribution in [2.75, 3.05) is 13.4 Å². The average molecular weight is 313 g/mol. The lowest BCUT2D eigenvalue weighted by Crippen LogP contribution is -2.06. The molecule has 0 bridgehead atoms. The largest absolute Gasteiger partial charge is 0.494 e. The Balaban J connectivity index is 2.19. The topological polar surface area (TPSA) is 39.9 Å². The van der Waals surface area contributed by atoms with Crippen LogP contribution >= 0.6 is 11.8 Å². The van der Waals surface area contributed by atoms with Crippen LogP contribution in [-0.2, 0) is 13.0 Å². The van der Waals surface area contributed by atoms with Gasteiger partial charge in [-0.15, -0.1) is 5.10 Å².